The zero-order valence-electron chi connectivity index (χ0n) is 13.9. The topological polar surface area (TPSA) is 0 Å². The van der Waals surface area contributed by atoms with Crippen molar-refractivity contribution in [2.24, 2.45) is 5.92 Å². The Labute approximate surface area is 145 Å². The average Bonchev–Trinajstić information content (AvgIpc) is 2.61. The molecule has 128 valence electrons. The number of allylic oxidation sites excluding steroid dienone is 3. The number of halogens is 3. The van der Waals surface area contributed by atoms with Crippen molar-refractivity contribution in [2.75, 3.05) is 0 Å². The summed E-state index contributed by atoms with van der Waals surface area (Å²) in [6, 6.07) is 6.20. The fraction of sp³-hybridized carbons (Fsp3) is 0.273. The molecule has 0 aliphatic heterocycles. The summed E-state index contributed by atoms with van der Waals surface area (Å²) in [6.45, 7) is 3.75. The van der Waals surface area contributed by atoms with E-state index in [1.54, 1.807) is 6.07 Å². The van der Waals surface area contributed by atoms with Crippen LogP contribution in [0.15, 0.2) is 43.0 Å². The van der Waals surface area contributed by atoms with E-state index in [2.05, 4.69) is 12.7 Å². The Kier molecular flexibility index (Phi) is 4.03. The standard InChI is InChI=1S/C22H19F3/c1-2-3-4-13-5-7-14(8-6-13)15-9-10-16-17-11-12-18(23)22(25)20(17)19(16)21(15)24/h2,7,9-13H,1,3-6,8H2. The van der Waals surface area contributed by atoms with Crippen molar-refractivity contribution in [2.45, 2.75) is 32.1 Å². The van der Waals surface area contributed by atoms with Gasteiger partial charge in [-0.1, -0.05) is 30.4 Å². The van der Waals surface area contributed by atoms with Gasteiger partial charge in [-0.25, -0.2) is 13.2 Å². The fourth-order valence-electron chi connectivity index (χ4n) is 4.00. The van der Waals surface area contributed by atoms with E-state index in [4.69, 9.17) is 0 Å². The molecule has 0 N–H and O–H groups in total. The molecule has 0 amide bonds. The number of hydrogen-bond acceptors (Lipinski definition) is 0. The second-order valence-corrected chi connectivity index (χ2v) is 6.87. The van der Waals surface area contributed by atoms with E-state index in [0.29, 0.717) is 22.6 Å². The van der Waals surface area contributed by atoms with Crippen LogP contribution in [0, 0.1) is 23.4 Å². The Morgan fingerprint density at radius 1 is 0.960 bits per heavy atom. The number of rotatable bonds is 4. The molecule has 0 fully saturated rings. The van der Waals surface area contributed by atoms with E-state index >= 15 is 4.39 Å². The molecule has 3 heteroatoms. The van der Waals surface area contributed by atoms with Crippen LogP contribution < -0.4 is 0 Å². The predicted molar refractivity (Wildman–Crippen MR) is 95.5 cm³/mol. The first-order valence-electron chi connectivity index (χ1n) is 8.73. The molecule has 0 saturated heterocycles. The highest BCUT2D eigenvalue weighted by Crippen LogP contribution is 2.51. The third-order valence-electron chi connectivity index (χ3n) is 5.42. The van der Waals surface area contributed by atoms with E-state index in [1.807, 2.05) is 12.1 Å². The van der Waals surface area contributed by atoms with E-state index < -0.39 is 17.5 Å². The van der Waals surface area contributed by atoms with Gasteiger partial charge in [0.1, 0.15) is 5.82 Å². The van der Waals surface area contributed by atoms with Gasteiger partial charge in [0.25, 0.3) is 0 Å². The summed E-state index contributed by atoms with van der Waals surface area (Å²) in [7, 11) is 0. The molecule has 25 heavy (non-hydrogen) atoms. The molecule has 2 aliphatic rings. The van der Waals surface area contributed by atoms with E-state index in [1.165, 1.54) is 6.07 Å². The molecule has 0 saturated carbocycles. The van der Waals surface area contributed by atoms with Crippen LogP contribution >= 0.6 is 0 Å². The second-order valence-electron chi connectivity index (χ2n) is 6.87. The highest BCUT2D eigenvalue weighted by atomic mass is 19.2. The van der Waals surface area contributed by atoms with Gasteiger partial charge in [0, 0.05) is 16.7 Å². The van der Waals surface area contributed by atoms with Gasteiger partial charge < -0.3 is 0 Å². The van der Waals surface area contributed by atoms with Crippen molar-refractivity contribution >= 4 is 5.57 Å². The minimum absolute atomic E-state index is 0.0784. The fourth-order valence-corrected chi connectivity index (χ4v) is 4.00. The Bertz CT molecular complexity index is 893. The zero-order chi connectivity index (χ0) is 17.6. The molecule has 0 spiro atoms. The first kappa shape index (κ1) is 16.2. The third kappa shape index (κ3) is 2.53. The lowest BCUT2D eigenvalue weighted by Crippen LogP contribution is -2.10. The van der Waals surface area contributed by atoms with Crippen molar-refractivity contribution < 1.29 is 13.2 Å². The number of benzene rings is 2. The van der Waals surface area contributed by atoms with Crippen LogP contribution in [0.3, 0.4) is 0 Å². The van der Waals surface area contributed by atoms with E-state index in [0.717, 1.165) is 43.7 Å². The molecular weight excluding hydrogens is 321 g/mol. The maximum absolute atomic E-state index is 15.0. The number of hydrogen-bond donors (Lipinski definition) is 0. The molecule has 4 rings (SSSR count). The molecule has 2 aromatic rings. The summed E-state index contributed by atoms with van der Waals surface area (Å²) in [5.74, 6) is -1.70. The van der Waals surface area contributed by atoms with Gasteiger partial charge in [0.15, 0.2) is 11.6 Å². The lowest BCUT2D eigenvalue weighted by molar-refractivity contribution is 0.453. The van der Waals surface area contributed by atoms with Crippen LogP contribution in [0.25, 0.3) is 27.8 Å². The minimum Gasteiger partial charge on any atom is -0.206 e. The summed E-state index contributed by atoms with van der Waals surface area (Å²) in [6.07, 6.45) is 8.91. The number of fused-ring (bicyclic) bond motifs is 4. The highest BCUT2D eigenvalue weighted by molar-refractivity contribution is 6.03. The average molecular weight is 340 g/mol. The lowest BCUT2D eigenvalue weighted by atomic mass is 9.77. The summed E-state index contributed by atoms with van der Waals surface area (Å²) in [5, 5.41) is 0. The normalized spacial score (nSPS) is 18.0. The van der Waals surface area contributed by atoms with E-state index in [9.17, 15) is 8.78 Å². The van der Waals surface area contributed by atoms with Gasteiger partial charge in [-0.2, -0.15) is 0 Å². The van der Waals surface area contributed by atoms with Crippen molar-refractivity contribution in [3.63, 3.8) is 0 Å². The van der Waals surface area contributed by atoms with Crippen LogP contribution in [0.5, 0.6) is 0 Å². The Balaban J connectivity index is 1.66. The van der Waals surface area contributed by atoms with Gasteiger partial charge in [0.05, 0.1) is 0 Å². The molecule has 0 radical (unpaired) electrons. The van der Waals surface area contributed by atoms with E-state index in [-0.39, 0.29) is 11.1 Å². The molecule has 0 heterocycles. The predicted octanol–water partition coefficient (Wildman–Crippen LogP) is 6.90. The van der Waals surface area contributed by atoms with Crippen LogP contribution in [-0.2, 0) is 0 Å². The maximum Gasteiger partial charge on any atom is 0.167 e. The summed E-state index contributed by atoms with van der Waals surface area (Å²) >= 11 is 0. The van der Waals surface area contributed by atoms with Crippen LogP contribution in [0.2, 0.25) is 0 Å². The summed E-state index contributed by atoms with van der Waals surface area (Å²) < 4.78 is 42.6. The van der Waals surface area contributed by atoms with Crippen molar-refractivity contribution in [3.05, 3.63) is 66.0 Å². The van der Waals surface area contributed by atoms with Crippen molar-refractivity contribution in [3.8, 4) is 22.3 Å². The van der Waals surface area contributed by atoms with Crippen molar-refractivity contribution in [1.82, 2.24) is 0 Å². The van der Waals surface area contributed by atoms with Gasteiger partial charge in [-0.15, -0.1) is 6.58 Å². The van der Waals surface area contributed by atoms with Gasteiger partial charge >= 0.3 is 0 Å². The Morgan fingerprint density at radius 3 is 2.32 bits per heavy atom. The molecule has 1 unspecified atom stereocenters. The SMILES string of the molecule is C=CCCC1CC=C(c2ccc3c(c2F)-c2c-3ccc(F)c2F)CC1. The lowest BCUT2D eigenvalue weighted by Gasteiger charge is -2.28. The zero-order valence-corrected chi connectivity index (χ0v) is 13.9. The first-order chi connectivity index (χ1) is 12.1. The Morgan fingerprint density at radius 2 is 1.64 bits per heavy atom. The van der Waals surface area contributed by atoms with Crippen molar-refractivity contribution in [1.29, 1.82) is 0 Å². The summed E-state index contributed by atoms with van der Waals surface area (Å²) in [5.41, 5.74) is 3.04. The molecule has 0 bridgehead atoms. The van der Waals surface area contributed by atoms with Gasteiger partial charge in [-0.3, -0.25) is 0 Å². The van der Waals surface area contributed by atoms with Crippen LogP contribution in [-0.4, -0.2) is 0 Å². The van der Waals surface area contributed by atoms with Gasteiger partial charge in [-0.05, 0) is 60.8 Å². The molecule has 0 nitrogen and oxygen atoms in total. The maximum atomic E-state index is 15.0. The Hall–Kier alpha value is -2.29. The molecular formula is C22H19F3. The molecule has 2 aromatic carbocycles. The van der Waals surface area contributed by atoms with Crippen LogP contribution in [0.4, 0.5) is 13.2 Å². The third-order valence-corrected chi connectivity index (χ3v) is 5.42. The molecule has 0 aromatic heterocycles. The summed E-state index contributed by atoms with van der Waals surface area (Å²) in [4.78, 5) is 0. The monoisotopic (exact) mass is 340 g/mol. The minimum atomic E-state index is -0.955. The van der Waals surface area contributed by atoms with Crippen LogP contribution in [0.1, 0.15) is 37.7 Å². The second kappa shape index (κ2) is 6.21. The largest absolute Gasteiger partial charge is 0.206 e. The van der Waals surface area contributed by atoms with Gasteiger partial charge in [0.2, 0.25) is 0 Å². The molecule has 1 atom stereocenters. The molecule has 2 aliphatic carbocycles. The highest BCUT2D eigenvalue weighted by Gasteiger charge is 2.32. The first-order valence-corrected chi connectivity index (χ1v) is 8.73. The quantitative estimate of drug-likeness (QED) is 0.453. The smallest absolute Gasteiger partial charge is 0.167 e.